The van der Waals surface area contributed by atoms with E-state index in [-0.39, 0.29) is 5.69 Å². The molecule has 0 saturated carbocycles. The van der Waals surface area contributed by atoms with Crippen molar-refractivity contribution < 1.29 is 4.92 Å². The maximum atomic E-state index is 11.0. The quantitative estimate of drug-likeness (QED) is 0.395. The van der Waals surface area contributed by atoms with Crippen LogP contribution in [0.15, 0.2) is 72.9 Å². The van der Waals surface area contributed by atoms with Crippen molar-refractivity contribution in [1.29, 1.82) is 0 Å². The molecule has 0 aliphatic heterocycles. The molecule has 29 heavy (non-hydrogen) atoms. The SMILES string of the molecule is Cc1cc(NCc2ccn(-c3ccccc3)n2)nc(-c2cccc([N+](=O)[O-])c2)n1. The Balaban J connectivity index is 1.52. The van der Waals surface area contributed by atoms with E-state index in [0.717, 1.165) is 17.1 Å². The number of non-ortho nitro benzene ring substituents is 1. The molecule has 1 N–H and O–H groups in total. The molecule has 0 bridgehead atoms. The van der Waals surface area contributed by atoms with Crippen LogP contribution in [-0.4, -0.2) is 24.7 Å². The van der Waals surface area contributed by atoms with Crippen LogP contribution in [0.2, 0.25) is 0 Å². The summed E-state index contributed by atoms with van der Waals surface area (Å²) in [5.74, 6) is 1.07. The van der Waals surface area contributed by atoms with Gasteiger partial charge in [-0.2, -0.15) is 5.10 Å². The number of rotatable bonds is 6. The number of para-hydroxylation sites is 1. The topological polar surface area (TPSA) is 98.8 Å². The van der Waals surface area contributed by atoms with Gasteiger partial charge in [0.25, 0.3) is 5.69 Å². The third kappa shape index (κ3) is 4.27. The van der Waals surface area contributed by atoms with Crippen LogP contribution in [0.5, 0.6) is 0 Å². The van der Waals surface area contributed by atoms with Crippen LogP contribution in [0.4, 0.5) is 11.5 Å². The smallest absolute Gasteiger partial charge is 0.270 e. The van der Waals surface area contributed by atoms with Crippen LogP contribution >= 0.6 is 0 Å². The Bertz CT molecular complexity index is 1160. The van der Waals surface area contributed by atoms with Crippen LogP contribution in [0.3, 0.4) is 0 Å². The van der Waals surface area contributed by atoms with Crippen molar-refractivity contribution in [2.45, 2.75) is 13.5 Å². The zero-order chi connectivity index (χ0) is 20.2. The lowest BCUT2D eigenvalue weighted by Crippen LogP contribution is -2.05. The number of aromatic nitrogens is 4. The van der Waals surface area contributed by atoms with Gasteiger partial charge in [-0.25, -0.2) is 14.6 Å². The molecule has 144 valence electrons. The summed E-state index contributed by atoms with van der Waals surface area (Å²) in [6.45, 7) is 2.35. The molecule has 0 fully saturated rings. The Hall–Kier alpha value is -4.07. The van der Waals surface area contributed by atoms with Gasteiger partial charge >= 0.3 is 0 Å². The number of anilines is 1. The van der Waals surface area contributed by atoms with Crippen molar-refractivity contribution in [2.24, 2.45) is 0 Å². The molecule has 0 atom stereocenters. The number of hydrogen-bond donors (Lipinski definition) is 1. The van der Waals surface area contributed by atoms with Gasteiger partial charge in [0.2, 0.25) is 0 Å². The molecule has 0 saturated heterocycles. The van der Waals surface area contributed by atoms with Crippen molar-refractivity contribution in [1.82, 2.24) is 19.7 Å². The summed E-state index contributed by atoms with van der Waals surface area (Å²) in [5.41, 5.74) is 3.22. The van der Waals surface area contributed by atoms with Gasteiger partial charge in [-0.3, -0.25) is 10.1 Å². The summed E-state index contributed by atoms with van der Waals surface area (Å²) >= 11 is 0. The van der Waals surface area contributed by atoms with E-state index in [9.17, 15) is 10.1 Å². The number of nitro groups is 1. The molecule has 0 aliphatic rings. The van der Waals surface area contributed by atoms with Crippen LogP contribution in [-0.2, 0) is 6.54 Å². The highest BCUT2D eigenvalue weighted by molar-refractivity contribution is 5.61. The van der Waals surface area contributed by atoms with E-state index in [1.807, 2.05) is 60.3 Å². The van der Waals surface area contributed by atoms with E-state index >= 15 is 0 Å². The van der Waals surface area contributed by atoms with Crippen molar-refractivity contribution in [3.63, 3.8) is 0 Å². The molecule has 0 radical (unpaired) electrons. The van der Waals surface area contributed by atoms with Gasteiger partial charge in [-0.15, -0.1) is 0 Å². The highest BCUT2D eigenvalue weighted by Crippen LogP contribution is 2.22. The van der Waals surface area contributed by atoms with Gasteiger partial charge in [0.05, 0.1) is 22.8 Å². The van der Waals surface area contributed by atoms with Crippen molar-refractivity contribution in [3.05, 3.63) is 94.4 Å². The monoisotopic (exact) mass is 386 g/mol. The van der Waals surface area contributed by atoms with E-state index in [0.29, 0.717) is 23.8 Å². The molecule has 2 aromatic heterocycles. The third-order valence-electron chi connectivity index (χ3n) is 4.29. The van der Waals surface area contributed by atoms with Gasteiger partial charge in [-0.05, 0) is 25.1 Å². The second kappa shape index (κ2) is 7.89. The first-order valence-corrected chi connectivity index (χ1v) is 9.03. The minimum atomic E-state index is -0.429. The molecule has 0 amide bonds. The number of benzene rings is 2. The Morgan fingerprint density at radius 1 is 1.03 bits per heavy atom. The number of nitro benzene ring substituents is 1. The third-order valence-corrected chi connectivity index (χ3v) is 4.29. The zero-order valence-electron chi connectivity index (χ0n) is 15.7. The zero-order valence-corrected chi connectivity index (χ0v) is 15.7. The van der Waals surface area contributed by atoms with Gasteiger partial charge in [-0.1, -0.05) is 30.3 Å². The lowest BCUT2D eigenvalue weighted by molar-refractivity contribution is -0.384. The Morgan fingerprint density at radius 3 is 2.66 bits per heavy atom. The van der Waals surface area contributed by atoms with Gasteiger partial charge in [0.15, 0.2) is 5.82 Å². The van der Waals surface area contributed by atoms with E-state index in [2.05, 4.69) is 20.4 Å². The van der Waals surface area contributed by atoms with Gasteiger partial charge in [0.1, 0.15) is 5.82 Å². The summed E-state index contributed by atoms with van der Waals surface area (Å²) in [5, 5.41) is 18.8. The Labute approximate surface area is 167 Å². The summed E-state index contributed by atoms with van der Waals surface area (Å²) in [4.78, 5) is 19.5. The van der Waals surface area contributed by atoms with E-state index < -0.39 is 4.92 Å². The Kier molecular flexibility index (Phi) is 4.98. The highest BCUT2D eigenvalue weighted by Gasteiger charge is 2.11. The molecule has 2 aromatic carbocycles. The number of nitrogens with zero attached hydrogens (tertiary/aromatic N) is 5. The lowest BCUT2D eigenvalue weighted by atomic mass is 10.2. The minimum Gasteiger partial charge on any atom is -0.364 e. The first kappa shape index (κ1) is 18.3. The molecular weight excluding hydrogens is 368 g/mol. The van der Waals surface area contributed by atoms with E-state index in [1.165, 1.54) is 12.1 Å². The number of aryl methyl sites for hydroxylation is 1. The van der Waals surface area contributed by atoms with Crippen LogP contribution in [0.1, 0.15) is 11.4 Å². The largest absolute Gasteiger partial charge is 0.364 e. The highest BCUT2D eigenvalue weighted by atomic mass is 16.6. The fourth-order valence-electron chi connectivity index (χ4n) is 2.91. The van der Waals surface area contributed by atoms with Crippen molar-refractivity contribution >= 4 is 11.5 Å². The maximum absolute atomic E-state index is 11.0. The molecule has 0 aliphatic carbocycles. The van der Waals surface area contributed by atoms with Crippen LogP contribution < -0.4 is 5.32 Å². The molecule has 8 heteroatoms. The maximum Gasteiger partial charge on any atom is 0.270 e. The summed E-state index contributed by atoms with van der Waals surface area (Å²) in [6, 6.07) is 19.9. The summed E-state index contributed by atoms with van der Waals surface area (Å²) < 4.78 is 1.82. The van der Waals surface area contributed by atoms with Crippen molar-refractivity contribution in [2.75, 3.05) is 5.32 Å². The summed E-state index contributed by atoms with van der Waals surface area (Å²) in [6.07, 6.45) is 1.91. The molecular formula is C21H18N6O2. The Morgan fingerprint density at radius 2 is 1.86 bits per heavy atom. The normalized spacial score (nSPS) is 10.7. The van der Waals surface area contributed by atoms with Gasteiger partial charge in [0, 0.05) is 35.7 Å². The van der Waals surface area contributed by atoms with Crippen molar-refractivity contribution in [3.8, 4) is 17.1 Å². The molecule has 4 aromatic rings. The standard InChI is InChI=1S/C21H18N6O2/c1-15-12-20(24-21(23-15)16-6-5-9-19(13-16)27(28)29)22-14-17-10-11-26(25-17)18-7-3-2-4-8-18/h2-13H,14H2,1H3,(H,22,23,24). The van der Waals surface area contributed by atoms with Crippen LogP contribution in [0, 0.1) is 17.0 Å². The molecule has 2 heterocycles. The first-order valence-electron chi connectivity index (χ1n) is 9.03. The molecule has 0 unspecified atom stereocenters. The fraction of sp³-hybridized carbons (Fsp3) is 0.0952. The van der Waals surface area contributed by atoms with Gasteiger partial charge < -0.3 is 5.32 Å². The van der Waals surface area contributed by atoms with Crippen LogP contribution in [0.25, 0.3) is 17.1 Å². The predicted molar refractivity (Wildman–Crippen MR) is 110 cm³/mol. The molecule has 8 nitrogen and oxygen atoms in total. The number of hydrogen-bond acceptors (Lipinski definition) is 6. The van der Waals surface area contributed by atoms with E-state index in [4.69, 9.17) is 0 Å². The minimum absolute atomic E-state index is 0.00793. The summed E-state index contributed by atoms with van der Waals surface area (Å²) in [7, 11) is 0. The number of nitrogens with one attached hydrogen (secondary N) is 1. The lowest BCUT2D eigenvalue weighted by Gasteiger charge is -2.08. The molecule has 0 spiro atoms. The second-order valence-corrected chi connectivity index (χ2v) is 6.47. The van der Waals surface area contributed by atoms with E-state index in [1.54, 1.807) is 12.1 Å². The molecule has 4 rings (SSSR count). The average molecular weight is 386 g/mol. The first-order chi connectivity index (χ1) is 14.1. The predicted octanol–water partition coefficient (Wildman–Crippen LogP) is 4.16. The second-order valence-electron chi connectivity index (χ2n) is 6.47. The fourth-order valence-corrected chi connectivity index (χ4v) is 2.91. The average Bonchev–Trinajstić information content (AvgIpc) is 3.22.